The van der Waals surface area contributed by atoms with Crippen LogP contribution in [0.1, 0.15) is 12.0 Å². The van der Waals surface area contributed by atoms with Gasteiger partial charge in [-0.15, -0.1) is 0 Å². The van der Waals surface area contributed by atoms with E-state index in [9.17, 15) is 0 Å². The first-order chi connectivity index (χ1) is 9.72. The highest BCUT2D eigenvalue weighted by Crippen LogP contribution is 2.36. The quantitative estimate of drug-likeness (QED) is 0.633. The SMILES string of the molecule is COc1cc(CNCCCOCCO)cc(Br)c1OC. The molecule has 0 saturated heterocycles. The molecule has 20 heavy (non-hydrogen) atoms. The van der Waals surface area contributed by atoms with E-state index in [4.69, 9.17) is 19.3 Å². The molecule has 1 rings (SSSR count). The second-order valence-electron chi connectivity index (χ2n) is 4.18. The summed E-state index contributed by atoms with van der Waals surface area (Å²) in [4.78, 5) is 0. The van der Waals surface area contributed by atoms with Gasteiger partial charge in [-0.3, -0.25) is 0 Å². The van der Waals surface area contributed by atoms with Crippen molar-refractivity contribution < 1.29 is 19.3 Å². The second kappa shape index (κ2) is 9.99. The second-order valence-corrected chi connectivity index (χ2v) is 5.03. The highest BCUT2D eigenvalue weighted by molar-refractivity contribution is 9.10. The van der Waals surface area contributed by atoms with E-state index in [1.54, 1.807) is 14.2 Å². The fraction of sp³-hybridized carbons (Fsp3) is 0.571. The van der Waals surface area contributed by atoms with Gasteiger partial charge in [-0.1, -0.05) is 0 Å². The van der Waals surface area contributed by atoms with Crippen molar-refractivity contribution in [1.29, 1.82) is 0 Å². The third kappa shape index (κ3) is 5.66. The van der Waals surface area contributed by atoms with Crippen LogP contribution in [-0.4, -0.2) is 45.7 Å². The summed E-state index contributed by atoms with van der Waals surface area (Å²) >= 11 is 3.47. The predicted molar refractivity (Wildman–Crippen MR) is 81.5 cm³/mol. The molecule has 0 aliphatic rings. The van der Waals surface area contributed by atoms with Crippen LogP contribution in [0, 0.1) is 0 Å². The molecule has 1 aromatic rings. The Kier molecular flexibility index (Phi) is 8.60. The molecule has 0 bridgehead atoms. The summed E-state index contributed by atoms with van der Waals surface area (Å²) in [6.07, 6.45) is 0.911. The number of aliphatic hydroxyl groups excluding tert-OH is 1. The molecule has 0 fully saturated rings. The molecule has 0 heterocycles. The molecule has 0 saturated carbocycles. The Hall–Kier alpha value is -0.820. The van der Waals surface area contributed by atoms with E-state index in [0.29, 0.717) is 24.7 Å². The van der Waals surface area contributed by atoms with Gasteiger partial charge in [-0.05, 0) is 46.6 Å². The maximum absolute atomic E-state index is 8.57. The number of rotatable bonds is 10. The van der Waals surface area contributed by atoms with Crippen molar-refractivity contribution in [2.24, 2.45) is 0 Å². The zero-order valence-electron chi connectivity index (χ0n) is 11.9. The first kappa shape index (κ1) is 17.2. The maximum atomic E-state index is 8.57. The van der Waals surface area contributed by atoms with Crippen LogP contribution in [0.4, 0.5) is 0 Å². The monoisotopic (exact) mass is 347 g/mol. The van der Waals surface area contributed by atoms with E-state index in [0.717, 1.165) is 29.5 Å². The Morgan fingerprint density at radius 2 is 2.00 bits per heavy atom. The van der Waals surface area contributed by atoms with Gasteiger partial charge in [0.05, 0.1) is 31.9 Å². The number of halogens is 1. The van der Waals surface area contributed by atoms with Crippen LogP contribution in [-0.2, 0) is 11.3 Å². The highest BCUT2D eigenvalue weighted by Gasteiger charge is 2.10. The van der Waals surface area contributed by atoms with Crippen LogP contribution >= 0.6 is 15.9 Å². The smallest absolute Gasteiger partial charge is 0.174 e. The fourth-order valence-corrected chi connectivity index (χ4v) is 2.42. The van der Waals surface area contributed by atoms with E-state index < -0.39 is 0 Å². The van der Waals surface area contributed by atoms with Gasteiger partial charge >= 0.3 is 0 Å². The molecule has 6 heteroatoms. The third-order valence-corrected chi connectivity index (χ3v) is 3.29. The van der Waals surface area contributed by atoms with Crippen molar-refractivity contribution in [2.45, 2.75) is 13.0 Å². The zero-order valence-corrected chi connectivity index (χ0v) is 13.5. The van der Waals surface area contributed by atoms with Crippen LogP contribution in [0.5, 0.6) is 11.5 Å². The van der Waals surface area contributed by atoms with E-state index in [2.05, 4.69) is 21.2 Å². The number of methoxy groups -OCH3 is 2. The lowest BCUT2D eigenvalue weighted by atomic mass is 10.2. The van der Waals surface area contributed by atoms with Crippen molar-refractivity contribution in [1.82, 2.24) is 5.32 Å². The molecule has 2 N–H and O–H groups in total. The highest BCUT2D eigenvalue weighted by atomic mass is 79.9. The number of nitrogens with one attached hydrogen (secondary N) is 1. The number of ether oxygens (including phenoxy) is 3. The summed E-state index contributed by atoms with van der Waals surface area (Å²) in [5, 5.41) is 11.9. The van der Waals surface area contributed by atoms with Crippen molar-refractivity contribution in [3.05, 3.63) is 22.2 Å². The largest absolute Gasteiger partial charge is 0.493 e. The standard InChI is InChI=1S/C14H22BrNO4/c1-18-13-9-11(8-12(15)14(13)19-2)10-16-4-3-6-20-7-5-17/h8-9,16-17H,3-7,10H2,1-2H3. The Morgan fingerprint density at radius 1 is 1.20 bits per heavy atom. The molecule has 0 spiro atoms. The average molecular weight is 348 g/mol. The predicted octanol–water partition coefficient (Wildman–Crippen LogP) is 1.95. The fourth-order valence-electron chi connectivity index (χ4n) is 1.77. The van der Waals surface area contributed by atoms with Crippen LogP contribution in [0.3, 0.4) is 0 Å². The van der Waals surface area contributed by atoms with Gasteiger partial charge in [-0.2, -0.15) is 0 Å². The minimum atomic E-state index is 0.0765. The molecule has 0 aromatic heterocycles. The van der Waals surface area contributed by atoms with Crippen molar-refractivity contribution >= 4 is 15.9 Å². The summed E-state index contributed by atoms with van der Waals surface area (Å²) in [5.41, 5.74) is 1.12. The molecule has 0 aliphatic carbocycles. The van der Waals surface area contributed by atoms with E-state index in [1.807, 2.05) is 12.1 Å². The van der Waals surface area contributed by atoms with Gasteiger partial charge in [0.15, 0.2) is 11.5 Å². The van der Waals surface area contributed by atoms with Crippen LogP contribution in [0.2, 0.25) is 0 Å². The molecular weight excluding hydrogens is 326 g/mol. The lowest BCUT2D eigenvalue weighted by Crippen LogP contribution is -2.17. The Bertz CT molecular complexity index is 401. The third-order valence-electron chi connectivity index (χ3n) is 2.70. The molecule has 0 unspecified atom stereocenters. The summed E-state index contributed by atoms with van der Waals surface area (Å²) < 4.78 is 16.6. The van der Waals surface area contributed by atoms with Gasteiger partial charge in [0, 0.05) is 13.2 Å². The van der Waals surface area contributed by atoms with Crippen LogP contribution < -0.4 is 14.8 Å². The topological polar surface area (TPSA) is 60.0 Å². The molecular formula is C14H22BrNO4. The summed E-state index contributed by atoms with van der Waals surface area (Å²) in [7, 11) is 3.24. The van der Waals surface area contributed by atoms with Gasteiger partial charge in [0.25, 0.3) is 0 Å². The summed E-state index contributed by atoms with van der Waals surface area (Å²) in [6, 6.07) is 3.97. The molecule has 0 aliphatic heterocycles. The van der Waals surface area contributed by atoms with E-state index >= 15 is 0 Å². The van der Waals surface area contributed by atoms with Crippen molar-refractivity contribution in [3.8, 4) is 11.5 Å². The van der Waals surface area contributed by atoms with Gasteiger partial charge in [0.1, 0.15) is 0 Å². The maximum Gasteiger partial charge on any atom is 0.174 e. The van der Waals surface area contributed by atoms with Crippen LogP contribution in [0.25, 0.3) is 0 Å². The Labute approximate surface area is 128 Å². The minimum Gasteiger partial charge on any atom is -0.493 e. The van der Waals surface area contributed by atoms with Crippen LogP contribution in [0.15, 0.2) is 16.6 Å². The summed E-state index contributed by atoms with van der Waals surface area (Å²) in [5.74, 6) is 1.42. The number of benzene rings is 1. The average Bonchev–Trinajstić information content (AvgIpc) is 2.45. The molecule has 0 amide bonds. The molecule has 1 aromatic carbocycles. The first-order valence-electron chi connectivity index (χ1n) is 6.52. The number of hydrogen-bond acceptors (Lipinski definition) is 5. The Balaban J connectivity index is 2.39. The summed E-state index contributed by atoms with van der Waals surface area (Å²) in [6.45, 7) is 2.75. The lowest BCUT2D eigenvalue weighted by Gasteiger charge is -2.12. The van der Waals surface area contributed by atoms with E-state index in [-0.39, 0.29) is 6.61 Å². The number of hydrogen-bond donors (Lipinski definition) is 2. The minimum absolute atomic E-state index is 0.0765. The number of aliphatic hydroxyl groups is 1. The molecule has 0 atom stereocenters. The van der Waals surface area contributed by atoms with Gasteiger partial charge < -0.3 is 24.6 Å². The molecule has 5 nitrogen and oxygen atoms in total. The first-order valence-corrected chi connectivity index (χ1v) is 7.32. The molecule has 114 valence electrons. The lowest BCUT2D eigenvalue weighted by molar-refractivity contribution is 0.0907. The van der Waals surface area contributed by atoms with Crippen molar-refractivity contribution in [3.63, 3.8) is 0 Å². The zero-order chi connectivity index (χ0) is 14.8. The molecule has 0 radical (unpaired) electrons. The van der Waals surface area contributed by atoms with Gasteiger partial charge in [0.2, 0.25) is 0 Å². The van der Waals surface area contributed by atoms with Gasteiger partial charge in [-0.25, -0.2) is 0 Å². The van der Waals surface area contributed by atoms with E-state index in [1.165, 1.54) is 0 Å². The Morgan fingerprint density at radius 3 is 2.65 bits per heavy atom. The normalized spacial score (nSPS) is 10.6. The van der Waals surface area contributed by atoms with Crippen molar-refractivity contribution in [2.75, 3.05) is 40.6 Å².